The molecule has 0 radical (unpaired) electrons. The van der Waals surface area contributed by atoms with Gasteiger partial charge in [-0.25, -0.2) is 4.90 Å². The highest BCUT2D eigenvalue weighted by Gasteiger charge is 2.39. The summed E-state index contributed by atoms with van der Waals surface area (Å²) in [7, 11) is 0. The van der Waals surface area contributed by atoms with Gasteiger partial charge in [-0.1, -0.05) is 29.8 Å². The summed E-state index contributed by atoms with van der Waals surface area (Å²) in [5.74, 6) is -1.37. The fourth-order valence-electron chi connectivity index (χ4n) is 3.23. The molecule has 0 aromatic heterocycles. The number of nitrogens with one attached hydrogen (secondary N) is 2. The molecule has 0 bridgehead atoms. The Hall–Kier alpha value is -3.17. The molecule has 8 heteroatoms. The number of hydrogen-bond donors (Lipinski definition) is 2. The molecule has 3 aromatic rings. The highest BCUT2D eigenvalue weighted by molar-refractivity contribution is 14.1. The van der Waals surface area contributed by atoms with Crippen LogP contribution in [-0.2, 0) is 9.59 Å². The summed E-state index contributed by atoms with van der Waals surface area (Å²) >= 11 is 8.39. The van der Waals surface area contributed by atoms with E-state index in [0.717, 1.165) is 14.0 Å². The molecule has 6 nitrogen and oxygen atoms in total. The van der Waals surface area contributed by atoms with Crippen LogP contribution in [0.3, 0.4) is 0 Å². The zero-order valence-electron chi connectivity index (χ0n) is 16.9. The highest BCUT2D eigenvalue weighted by atomic mass is 127. The van der Waals surface area contributed by atoms with Gasteiger partial charge in [0.2, 0.25) is 0 Å². The van der Waals surface area contributed by atoms with Crippen LogP contribution in [0.4, 0.5) is 17.1 Å². The van der Waals surface area contributed by atoms with Gasteiger partial charge in [0.15, 0.2) is 0 Å². The van der Waals surface area contributed by atoms with E-state index >= 15 is 0 Å². The summed E-state index contributed by atoms with van der Waals surface area (Å²) in [5, 5.41) is 5.56. The number of hydrogen-bond acceptors (Lipinski definition) is 4. The fourth-order valence-corrected chi connectivity index (χ4v) is 3.80. The Bertz CT molecular complexity index is 1250. The SMILES string of the molecule is Cc1ccccc1N1C(=O)C(Cl)=C(Nc2ccc(C(=O)Nc3ccc(I)cc3)cc2)C1=O. The Kier molecular flexibility index (Phi) is 6.29. The predicted molar refractivity (Wildman–Crippen MR) is 134 cm³/mol. The van der Waals surface area contributed by atoms with E-state index in [0.29, 0.717) is 22.6 Å². The van der Waals surface area contributed by atoms with E-state index in [2.05, 4.69) is 33.2 Å². The number of halogens is 2. The Balaban J connectivity index is 1.49. The predicted octanol–water partition coefficient (Wildman–Crippen LogP) is 5.29. The lowest BCUT2D eigenvalue weighted by molar-refractivity contribution is -0.120. The van der Waals surface area contributed by atoms with Gasteiger partial charge >= 0.3 is 0 Å². The maximum atomic E-state index is 12.9. The second-order valence-electron chi connectivity index (χ2n) is 7.08. The van der Waals surface area contributed by atoms with Crippen molar-refractivity contribution in [1.29, 1.82) is 0 Å². The zero-order valence-corrected chi connectivity index (χ0v) is 19.8. The first-order chi connectivity index (χ1) is 15.3. The summed E-state index contributed by atoms with van der Waals surface area (Å²) < 4.78 is 1.07. The summed E-state index contributed by atoms with van der Waals surface area (Å²) in [6.07, 6.45) is 0. The molecule has 1 aliphatic rings. The van der Waals surface area contributed by atoms with Gasteiger partial charge in [0.25, 0.3) is 17.7 Å². The van der Waals surface area contributed by atoms with Gasteiger partial charge in [0.1, 0.15) is 10.7 Å². The molecular weight excluding hydrogens is 541 g/mol. The third kappa shape index (κ3) is 4.39. The standard InChI is InChI=1S/C24H17ClIN3O3/c1-14-4-2-3-5-19(14)29-23(31)20(25)21(24(29)32)27-17-10-6-15(7-11-17)22(30)28-18-12-8-16(26)9-13-18/h2-13,27H,1H3,(H,28,30). The molecule has 0 saturated carbocycles. The molecule has 4 rings (SSSR count). The van der Waals surface area contributed by atoms with E-state index in [1.54, 1.807) is 36.4 Å². The number of aryl methyl sites for hydroxylation is 1. The summed E-state index contributed by atoms with van der Waals surface area (Å²) in [6.45, 7) is 1.81. The number of carbonyl (C=O) groups is 3. The van der Waals surface area contributed by atoms with Crippen LogP contribution in [0.2, 0.25) is 0 Å². The van der Waals surface area contributed by atoms with Crippen molar-refractivity contribution in [2.45, 2.75) is 6.92 Å². The van der Waals surface area contributed by atoms with Gasteiger partial charge in [-0.2, -0.15) is 0 Å². The second kappa shape index (κ2) is 9.13. The number of amides is 3. The van der Waals surface area contributed by atoms with E-state index in [1.165, 1.54) is 0 Å². The highest BCUT2D eigenvalue weighted by Crippen LogP contribution is 2.31. The Morgan fingerprint density at radius 3 is 2.16 bits per heavy atom. The van der Waals surface area contributed by atoms with Crippen molar-refractivity contribution in [2.75, 3.05) is 15.5 Å². The second-order valence-corrected chi connectivity index (χ2v) is 8.71. The maximum Gasteiger partial charge on any atom is 0.283 e. The van der Waals surface area contributed by atoms with Crippen LogP contribution in [0, 0.1) is 10.5 Å². The number of rotatable bonds is 5. The number of nitrogens with zero attached hydrogens (tertiary/aromatic N) is 1. The van der Waals surface area contributed by atoms with Crippen LogP contribution in [0.25, 0.3) is 0 Å². The van der Waals surface area contributed by atoms with Gasteiger partial charge in [0, 0.05) is 20.5 Å². The molecule has 2 N–H and O–H groups in total. The van der Waals surface area contributed by atoms with E-state index in [9.17, 15) is 14.4 Å². The quantitative estimate of drug-likeness (QED) is 0.330. The molecule has 0 saturated heterocycles. The molecule has 32 heavy (non-hydrogen) atoms. The minimum atomic E-state index is -0.581. The smallest absolute Gasteiger partial charge is 0.283 e. The summed E-state index contributed by atoms with van der Waals surface area (Å²) in [6, 6.07) is 21.1. The molecule has 3 amide bonds. The first-order valence-electron chi connectivity index (χ1n) is 9.63. The molecule has 0 fully saturated rings. The van der Waals surface area contributed by atoms with Crippen molar-refractivity contribution >= 4 is 69.0 Å². The topological polar surface area (TPSA) is 78.5 Å². The minimum Gasteiger partial charge on any atom is -0.350 e. The molecule has 1 heterocycles. The van der Waals surface area contributed by atoms with E-state index in [-0.39, 0.29) is 16.6 Å². The average molecular weight is 558 g/mol. The van der Waals surface area contributed by atoms with Gasteiger partial charge < -0.3 is 10.6 Å². The van der Waals surface area contributed by atoms with Crippen molar-refractivity contribution in [2.24, 2.45) is 0 Å². The van der Waals surface area contributed by atoms with Crippen molar-refractivity contribution in [3.8, 4) is 0 Å². The van der Waals surface area contributed by atoms with Gasteiger partial charge in [-0.3, -0.25) is 14.4 Å². The van der Waals surface area contributed by atoms with Crippen LogP contribution in [0.1, 0.15) is 15.9 Å². The number of imide groups is 1. The first-order valence-corrected chi connectivity index (χ1v) is 11.1. The van der Waals surface area contributed by atoms with Crippen LogP contribution < -0.4 is 15.5 Å². The van der Waals surface area contributed by atoms with Crippen molar-refractivity contribution in [3.63, 3.8) is 0 Å². The molecule has 160 valence electrons. The molecule has 0 atom stereocenters. The van der Waals surface area contributed by atoms with Crippen molar-refractivity contribution in [3.05, 3.63) is 98.2 Å². The van der Waals surface area contributed by atoms with Crippen LogP contribution in [-0.4, -0.2) is 17.7 Å². The van der Waals surface area contributed by atoms with Gasteiger partial charge in [0.05, 0.1) is 5.69 Å². The molecule has 0 unspecified atom stereocenters. The lowest BCUT2D eigenvalue weighted by Crippen LogP contribution is -2.32. The third-order valence-electron chi connectivity index (χ3n) is 4.90. The third-order valence-corrected chi connectivity index (χ3v) is 5.97. The average Bonchev–Trinajstić information content (AvgIpc) is 2.99. The number of benzene rings is 3. The number of carbonyl (C=O) groups excluding carboxylic acids is 3. The number of para-hydroxylation sites is 1. The summed E-state index contributed by atoms with van der Waals surface area (Å²) in [4.78, 5) is 39.1. The van der Waals surface area contributed by atoms with Crippen LogP contribution in [0.15, 0.2) is 83.5 Å². The van der Waals surface area contributed by atoms with Crippen LogP contribution >= 0.6 is 34.2 Å². The molecule has 1 aliphatic heterocycles. The molecule has 3 aromatic carbocycles. The van der Waals surface area contributed by atoms with Crippen LogP contribution in [0.5, 0.6) is 0 Å². The molecule has 0 spiro atoms. The normalized spacial score (nSPS) is 13.5. The van der Waals surface area contributed by atoms with Gasteiger partial charge in [-0.05, 0) is 89.7 Å². The summed E-state index contributed by atoms with van der Waals surface area (Å²) in [5.41, 5.74) is 2.93. The number of anilines is 3. The van der Waals surface area contributed by atoms with Crippen molar-refractivity contribution in [1.82, 2.24) is 0 Å². The zero-order chi connectivity index (χ0) is 22.8. The lowest BCUT2D eigenvalue weighted by Gasteiger charge is -2.17. The first kappa shape index (κ1) is 22.0. The minimum absolute atomic E-state index is 0.00369. The largest absolute Gasteiger partial charge is 0.350 e. The lowest BCUT2D eigenvalue weighted by atomic mass is 10.1. The Morgan fingerprint density at radius 2 is 1.50 bits per heavy atom. The fraction of sp³-hybridized carbons (Fsp3) is 0.0417. The van der Waals surface area contributed by atoms with Gasteiger partial charge in [-0.15, -0.1) is 0 Å². The van der Waals surface area contributed by atoms with E-state index in [4.69, 9.17) is 11.6 Å². The molecular formula is C24H17ClIN3O3. The Morgan fingerprint density at radius 1 is 0.875 bits per heavy atom. The van der Waals surface area contributed by atoms with E-state index < -0.39 is 11.8 Å². The van der Waals surface area contributed by atoms with Crippen molar-refractivity contribution < 1.29 is 14.4 Å². The molecule has 0 aliphatic carbocycles. The van der Waals surface area contributed by atoms with E-state index in [1.807, 2.05) is 43.3 Å². The monoisotopic (exact) mass is 557 g/mol. The maximum absolute atomic E-state index is 12.9. The Labute approximate surface area is 203 Å².